The first-order chi connectivity index (χ1) is 16.1. The molecule has 0 radical (unpaired) electrons. The molecule has 7 heteroatoms. The quantitative estimate of drug-likeness (QED) is 0.271. The van der Waals surface area contributed by atoms with Crippen molar-refractivity contribution in [3.8, 4) is 11.3 Å². The maximum atomic E-state index is 13.4. The van der Waals surface area contributed by atoms with E-state index in [2.05, 4.69) is 0 Å². The predicted molar refractivity (Wildman–Crippen MR) is 137 cm³/mol. The van der Waals surface area contributed by atoms with Crippen molar-refractivity contribution < 1.29 is 9.21 Å². The van der Waals surface area contributed by atoms with Crippen molar-refractivity contribution in [1.29, 1.82) is 0 Å². The van der Waals surface area contributed by atoms with Crippen LogP contribution in [0.2, 0.25) is 10.0 Å². The number of benzene rings is 3. The lowest BCUT2D eigenvalue weighted by Crippen LogP contribution is -2.28. The van der Waals surface area contributed by atoms with Gasteiger partial charge in [0.2, 0.25) is 0 Å². The van der Waals surface area contributed by atoms with Crippen LogP contribution in [-0.2, 0) is 4.79 Å². The van der Waals surface area contributed by atoms with Gasteiger partial charge in [0.25, 0.3) is 5.91 Å². The first-order valence-electron chi connectivity index (χ1n) is 10.1. The number of carbonyl (C=O) groups is 1. The fraction of sp³-hybridized carbons (Fsp3) is 0. The summed E-state index contributed by atoms with van der Waals surface area (Å²) < 4.78 is 5.97. The smallest absolute Gasteiger partial charge is 0.271 e. The fourth-order valence-corrected chi connectivity index (χ4v) is 4.88. The van der Waals surface area contributed by atoms with E-state index in [1.54, 1.807) is 29.2 Å². The number of amidine groups is 1. The van der Waals surface area contributed by atoms with Gasteiger partial charge in [0.1, 0.15) is 11.5 Å². The monoisotopic (exact) mass is 490 g/mol. The van der Waals surface area contributed by atoms with Gasteiger partial charge < -0.3 is 4.42 Å². The minimum absolute atomic E-state index is 0.162. The number of carbonyl (C=O) groups excluding carboxylic acids is 1. The Labute approximate surface area is 205 Å². The zero-order valence-electron chi connectivity index (χ0n) is 17.1. The van der Waals surface area contributed by atoms with Crippen molar-refractivity contribution in [2.75, 3.05) is 4.90 Å². The van der Waals surface area contributed by atoms with Crippen LogP contribution in [0.5, 0.6) is 0 Å². The van der Waals surface area contributed by atoms with E-state index in [1.165, 1.54) is 11.8 Å². The molecule has 1 amide bonds. The maximum absolute atomic E-state index is 13.4. The molecule has 162 valence electrons. The highest BCUT2D eigenvalue weighted by Gasteiger charge is 2.35. The Balaban J connectivity index is 1.50. The molecular formula is C26H16Cl2N2O2S. The number of aliphatic imine (C=N–C) groups is 1. The standard InChI is InChI=1S/C26H16Cl2N2O2S/c27-18-13-17(14-19(28)15-18)23-12-11-22(32-23)16-24-25(31)30(21-9-5-2-6-10-21)26(33-24)29-20-7-3-1-4-8-20/h1-16H. The molecule has 0 N–H and O–H groups in total. The number of nitrogens with zero attached hydrogens (tertiary/aromatic N) is 2. The molecule has 4 nitrogen and oxygen atoms in total. The summed E-state index contributed by atoms with van der Waals surface area (Å²) >= 11 is 13.5. The van der Waals surface area contributed by atoms with E-state index >= 15 is 0 Å². The van der Waals surface area contributed by atoms with Crippen LogP contribution in [0.4, 0.5) is 11.4 Å². The Morgan fingerprint density at radius 2 is 1.52 bits per heavy atom. The van der Waals surface area contributed by atoms with E-state index in [9.17, 15) is 4.79 Å². The summed E-state index contributed by atoms with van der Waals surface area (Å²) in [4.78, 5) is 20.2. The number of para-hydroxylation sites is 2. The molecule has 1 aliphatic heterocycles. The molecule has 3 aromatic carbocycles. The third kappa shape index (κ3) is 4.76. The Morgan fingerprint density at radius 1 is 0.848 bits per heavy atom. The largest absolute Gasteiger partial charge is 0.457 e. The molecular weight excluding hydrogens is 475 g/mol. The van der Waals surface area contributed by atoms with Crippen LogP contribution >= 0.6 is 35.0 Å². The van der Waals surface area contributed by atoms with Gasteiger partial charge in [-0.15, -0.1) is 0 Å². The SMILES string of the molecule is O=C1C(=Cc2ccc(-c3cc(Cl)cc(Cl)c3)o2)SC(=Nc2ccccc2)N1c1ccccc1. The van der Waals surface area contributed by atoms with Crippen molar-refractivity contribution in [3.63, 3.8) is 0 Å². The molecule has 1 saturated heterocycles. The minimum Gasteiger partial charge on any atom is -0.457 e. The fourth-order valence-electron chi connectivity index (χ4n) is 3.38. The molecule has 0 atom stereocenters. The summed E-state index contributed by atoms with van der Waals surface area (Å²) in [6.07, 6.45) is 1.73. The lowest BCUT2D eigenvalue weighted by molar-refractivity contribution is -0.113. The number of hydrogen-bond acceptors (Lipinski definition) is 4. The summed E-state index contributed by atoms with van der Waals surface area (Å²) in [5.41, 5.74) is 2.29. The summed E-state index contributed by atoms with van der Waals surface area (Å²) in [6, 6.07) is 27.9. The van der Waals surface area contributed by atoms with E-state index in [0.717, 1.165) is 16.9 Å². The Hall–Kier alpha value is -3.25. The average Bonchev–Trinajstić information content (AvgIpc) is 3.39. The van der Waals surface area contributed by atoms with Gasteiger partial charge in [0.15, 0.2) is 5.17 Å². The molecule has 0 saturated carbocycles. The number of anilines is 1. The molecule has 0 unspecified atom stereocenters. The van der Waals surface area contributed by atoms with E-state index in [1.807, 2.05) is 72.8 Å². The predicted octanol–water partition coefficient (Wildman–Crippen LogP) is 8.06. The highest BCUT2D eigenvalue weighted by atomic mass is 35.5. The second-order valence-electron chi connectivity index (χ2n) is 7.18. The zero-order valence-corrected chi connectivity index (χ0v) is 19.4. The Morgan fingerprint density at radius 3 is 2.21 bits per heavy atom. The topological polar surface area (TPSA) is 45.8 Å². The summed E-state index contributed by atoms with van der Waals surface area (Å²) in [6.45, 7) is 0. The molecule has 0 bridgehead atoms. The lowest BCUT2D eigenvalue weighted by Gasteiger charge is -2.15. The van der Waals surface area contributed by atoms with Crippen molar-refractivity contribution in [3.05, 3.63) is 112 Å². The highest BCUT2D eigenvalue weighted by Crippen LogP contribution is 2.38. The van der Waals surface area contributed by atoms with Gasteiger partial charge in [-0.1, -0.05) is 59.6 Å². The number of amides is 1. The van der Waals surface area contributed by atoms with E-state index in [-0.39, 0.29) is 5.91 Å². The van der Waals surface area contributed by atoms with Crippen LogP contribution in [0.15, 0.2) is 105 Å². The first kappa shape index (κ1) is 21.6. The van der Waals surface area contributed by atoms with Crippen LogP contribution in [0.1, 0.15) is 5.76 Å². The van der Waals surface area contributed by atoms with Gasteiger partial charge in [0.05, 0.1) is 16.3 Å². The van der Waals surface area contributed by atoms with E-state index < -0.39 is 0 Å². The van der Waals surface area contributed by atoms with Gasteiger partial charge in [0, 0.05) is 21.7 Å². The Kier molecular flexibility index (Phi) is 6.09. The molecule has 1 aliphatic rings. The number of thioether (sulfide) groups is 1. The second-order valence-corrected chi connectivity index (χ2v) is 9.06. The number of halogens is 2. The summed E-state index contributed by atoms with van der Waals surface area (Å²) in [5, 5.41) is 1.63. The van der Waals surface area contributed by atoms with E-state index in [4.69, 9.17) is 32.6 Å². The number of hydrogen-bond donors (Lipinski definition) is 0. The average molecular weight is 491 g/mol. The third-order valence-electron chi connectivity index (χ3n) is 4.85. The molecule has 1 aromatic heterocycles. The van der Waals surface area contributed by atoms with Crippen LogP contribution in [0.25, 0.3) is 17.4 Å². The Bertz CT molecular complexity index is 1360. The molecule has 2 heterocycles. The van der Waals surface area contributed by atoms with Gasteiger partial charge in [-0.05, 0) is 66.4 Å². The molecule has 5 rings (SSSR count). The number of rotatable bonds is 4. The second kappa shape index (κ2) is 9.32. The first-order valence-corrected chi connectivity index (χ1v) is 11.6. The van der Waals surface area contributed by atoms with Crippen LogP contribution in [0, 0.1) is 0 Å². The highest BCUT2D eigenvalue weighted by molar-refractivity contribution is 8.19. The maximum Gasteiger partial charge on any atom is 0.271 e. The molecule has 4 aromatic rings. The van der Waals surface area contributed by atoms with E-state index in [0.29, 0.717) is 31.6 Å². The zero-order chi connectivity index (χ0) is 22.8. The third-order valence-corrected chi connectivity index (χ3v) is 6.25. The van der Waals surface area contributed by atoms with Gasteiger partial charge >= 0.3 is 0 Å². The molecule has 1 fully saturated rings. The van der Waals surface area contributed by atoms with Crippen LogP contribution < -0.4 is 4.90 Å². The van der Waals surface area contributed by atoms with Gasteiger partial charge in [-0.2, -0.15) is 0 Å². The van der Waals surface area contributed by atoms with Crippen molar-refractivity contribution in [2.45, 2.75) is 0 Å². The van der Waals surface area contributed by atoms with Crippen molar-refractivity contribution in [1.82, 2.24) is 0 Å². The molecule has 0 aliphatic carbocycles. The molecule has 0 spiro atoms. The van der Waals surface area contributed by atoms with Crippen molar-refractivity contribution >= 4 is 63.5 Å². The molecule has 33 heavy (non-hydrogen) atoms. The number of furan rings is 1. The lowest BCUT2D eigenvalue weighted by atomic mass is 10.2. The van der Waals surface area contributed by atoms with Crippen LogP contribution in [-0.4, -0.2) is 11.1 Å². The van der Waals surface area contributed by atoms with Crippen LogP contribution in [0.3, 0.4) is 0 Å². The minimum atomic E-state index is -0.162. The summed E-state index contributed by atoms with van der Waals surface area (Å²) in [7, 11) is 0. The van der Waals surface area contributed by atoms with Crippen molar-refractivity contribution in [2.24, 2.45) is 4.99 Å². The normalized spacial score (nSPS) is 16.2. The van der Waals surface area contributed by atoms with Gasteiger partial charge in [-0.3, -0.25) is 9.69 Å². The van der Waals surface area contributed by atoms with Gasteiger partial charge in [-0.25, -0.2) is 4.99 Å². The summed E-state index contributed by atoms with van der Waals surface area (Å²) in [5.74, 6) is 0.996.